The van der Waals surface area contributed by atoms with Crippen LogP contribution in [0.5, 0.6) is 17.2 Å². The smallest absolute Gasteiger partial charge is 0.270 e. The van der Waals surface area contributed by atoms with E-state index in [-0.39, 0.29) is 22.2 Å². The lowest BCUT2D eigenvalue weighted by atomic mass is 10.2. The number of aromatic nitrogens is 4. The number of aromatic amines is 1. The Morgan fingerprint density at radius 2 is 1.74 bits per heavy atom. The number of hydrogen-bond acceptors (Lipinski definition) is 10. The van der Waals surface area contributed by atoms with E-state index in [0.717, 1.165) is 18.5 Å². The number of hydrogen-bond donors (Lipinski definition) is 3. The van der Waals surface area contributed by atoms with Gasteiger partial charge in [-0.3, -0.25) is 14.8 Å². The molecule has 0 unspecified atom stereocenters. The van der Waals surface area contributed by atoms with E-state index in [1.165, 1.54) is 33.7 Å². The van der Waals surface area contributed by atoms with Gasteiger partial charge in [0.15, 0.2) is 33.6 Å². The van der Waals surface area contributed by atoms with Gasteiger partial charge in [0.2, 0.25) is 0 Å². The third-order valence-electron chi connectivity index (χ3n) is 5.44. The van der Waals surface area contributed by atoms with Crippen LogP contribution in [0.15, 0.2) is 40.0 Å². The number of sulfonamides is 1. The molecule has 4 aromatic rings. The number of ether oxygens (including phenoxy) is 3. The first kappa shape index (κ1) is 21.8. The first-order valence-corrected chi connectivity index (χ1v) is 11.8. The van der Waals surface area contributed by atoms with Crippen LogP contribution in [0.3, 0.4) is 0 Å². The molecule has 1 aromatic carbocycles. The summed E-state index contributed by atoms with van der Waals surface area (Å²) in [5.41, 5.74) is 2.01. The van der Waals surface area contributed by atoms with Crippen LogP contribution in [0.25, 0.3) is 11.0 Å². The number of anilines is 3. The van der Waals surface area contributed by atoms with Gasteiger partial charge in [-0.05, 0) is 18.9 Å². The monoisotopic (exact) mass is 486 g/mol. The van der Waals surface area contributed by atoms with Crippen molar-refractivity contribution in [3.63, 3.8) is 0 Å². The number of pyridine rings is 1. The average molecular weight is 487 g/mol. The Morgan fingerprint density at radius 1 is 1.03 bits per heavy atom. The second-order valence-electron chi connectivity index (χ2n) is 7.67. The molecule has 34 heavy (non-hydrogen) atoms. The van der Waals surface area contributed by atoms with Crippen LogP contribution in [-0.2, 0) is 10.0 Å². The maximum atomic E-state index is 13.2. The van der Waals surface area contributed by atoms with Gasteiger partial charge in [0.1, 0.15) is 5.75 Å². The summed E-state index contributed by atoms with van der Waals surface area (Å²) in [6.07, 6.45) is 4.88. The molecular formula is C21H22N6O6S. The van der Waals surface area contributed by atoms with E-state index in [4.69, 9.17) is 18.7 Å². The summed E-state index contributed by atoms with van der Waals surface area (Å²) in [4.78, 5) is 3.71. The molecule has 0 amide bonds. The minimum Gasteiger partial charge on any atom is -0.495 e. The largest absolute Gasteiger partial charge is 0.495 e. The number of H-pyrrole nitrogens is 1. The number of nitrogens with zero attached hydrogens (tertiary/aromatic N) is 3. The third-order valence-corrected chi connectivity index (χ3v) is 6.84. The molecule has 1 aliphatic rings. The number of methoxy groups -OCH3 is 3. The van der Waals surface area contributed by atoms with Crippen molar-refractivity contribution in [3.8, 4) is 17.2 Å². The zero-order valence-electron chi connectivity index (χ0n) is 18.6. The Bertz CT molecular complexity index is 1440. The fourth-order valence-electron chi connectivity index (χ4n) is 3.59. The summed E-state index contributed by atoms with van der Waals surface area (Å²) in [5, 5.41) is 14.8. The maximum Gasteiger partial charge on any atom is 0.270 e. The van der Waals surface area contributed by atoms with E-state index in [1.54, 1.807) is 12.1 Å². The van der Waals surface area contributed by atoms with Gasteiger partial charge in [-0.15, -0.1) is 0 Å². The highest BCUT2D eigenvalue weighted by Gasteiger charge is 2.28. The van der Waals surface area contributed by atoms with Crippen LogP contribution in [0.1, 0.15) is 24.5 Å². The van der Waals surface area contributed by atoms with Crippen LogP contribution in [0.4, 0.5) is 17.3 Å². The molecule has 12 nitrogen and oxygen atoms in total. The molecule has 0 atom stereocenters. The molecule has 178 valence electrons. The van der Waals surface area contributed by atoms with E-state index >= 15 is 0 Å². The molecule has 13 heteroatoms. The number of benzene rings is 1. The van der Waals surface area contributed by atoms with Gasteiger partial charge < -0.3 is 24.1 Å². The van der Waals surface area contributed by atoms with Crippen molar-refractivity contribution >= 4 is 38.3 Å². The Morgan fingerprint density at radius 3 is 2.38 bits per heavy atom. The van der Waals surface area contributed by atoms with E-state index in [1.807, 2.05) is 6.07 Å². The highest BCUT2D eigenvalue weighted by atomic mass is 32.2. The lowest BCUT2D eigenvalue weighted by Crippen LogP contribution is -2.16. The van der Waals surface area contributed by atoms with Crippen molar-refractivity contribution in [2.45, 2.75) is 23.7 Å². The minimum absolute atomic E-state index is 0.0171. The van der Waals surface area contributed by atoms with Crippen LogP contribution >= 0.6 is 0 Å². The fraction of sp³-hybridized carbons (Fsp3) is 0.286. The Balaban J connectivity index is 1.48. The Kier molecular flexibility index (Phi) is 5.40. The van der Waals surface area contributed by atoms with Crippen LogP contribution < -0.4 is 24.2 Å². The topological polar surface area (TPSA) is 153 Å². The van der Waals surface area contributed by atoms with Crippen molar-refractivity contribution in [1.29, 1.82) is 0 Å². The van der Waals surface area contributed by atoms with E-state index in [2.05, 4.69) is 30.4 Å². The first-order chi connectivity index (χ1) is 16.4. The molecular weight excluding hydrogens is 464 g/mol. The summed E-state index contributed by atoms with van der Waals surface area (Å²) in [6, 6.07) is 5.25. The molecule has 3 aromatic heterocycles. The predicted molar refractivity (Wildman–Crippen MR) is 123 cm³/mol. The lowest BCUT2D eigenvalue weighted by Gasteiger charge is -2.13. The van der Waals surface area contributed by atoms with Crippen LogP contribution in [0, 0.1) is 0 Å². The number of rotatable bonds is 9. The van der Waals surface area contributed by atoms with E-state index < -0.39 is 10.0 Å². The number of nitrogens with one attached hydrogen (secondary N) is 3. The normalized spacial score (nSPS) is 13.6. The average Bonchev–Trinajstić information content (AvgIpc) is 3.48. The third kappa shape index (κ3) is 3.94. The summed E-state index contributed by atoms with van der Waals surface area (Å²) < 4.78 is 50.1. The molecule has 0 saturated heterocycles. The summed E-state index contributed by atoms with van der Waals surface area (Å²) in [6.45, 7) is 0. The second kappa shape index (κ2) is 8.41. The quantitative estimate of drug-likeness (QED) is 0.321. The molecule has 0 aliphatic heterocycles. The zero-order valence-corrected chi connectivity index (χ0v) is 19.4. The van der Waals surface area contributed by atoms with Gasteiger partial charge in [0.25, 0.3) is 10.0 Å². The second-order valence-corrected chi connectivity index (χ2v) is 9.29. The molecule has 0 spiro atoms. The SMILES string of the molecule is COc1cc2c(NS(=O)(=O)c3c(OC)cncc3OC)noc2cc1Nc1cc(C2CC2)[nH]n1. The van der Waals surface area contributed by atoms with Gasteiger partial charge in [-0.1, -0.05) is 5.16 Å². The van der Waals surface area contributed by atoms with Gasteiger partial charge in [-0.2, -0.15) is 5.10 Å². The highest BCUT2D eigenvalue weighted by molar-refractivity contribution is 7.93. The van der Waals surface area contributed by atoms with Gasteiger partial charge >= 0.3 is 0 Å². The van der Waals surface area contributed by atoms with Crippen molar-refractivity contribution in [1.82, 2.24) is 20.3 Å². The maximum absolute atomic E-state index is 13.2. The molecule has 1 aliphatic carbocycles. The molecule has 1 fully saturated rings. The minimum atomic E-state index is -4.17. The van der Waals surface area contributed by atoms with E-state index in [0.29, 0.717) is 34.1 Å². The van der Waals surface area contributed by atoms with Crippen molar-refractivity contribution in [2.75, 3.05) is 31.4 Å². The zero-order chi connectivity index (χ0) is 23.9. The van der Waals surface area contributed by atoms with Gasteiger partial charge in [-0.25, -0.2) is 8.42 Å². The summed E-state index contributed by atoms with van der Waals surface area (Å²) >= 11 is 0. The van der Waals surface area contributed by atoms with Crippen LogP contribution in [0.2, 0.25) is 0 Å². The van der Waals surface area contributed by atoms with Gasteiger partial charge in [0.05, 0.1) is 44.8 Å². The summed E-state index contributed by atoms with van der Waals surface area (Å²) in [7, 11) is 0.0206. The fourth-order valence-corrected chi connectivity index (χ4v) is 4.90. The molecule has 3 heterocycles. The van der Waals surface area contributed by atoms with E-state index in [9.17, 15) is 8.42 Å². The Labute approximate surface area is 194 Å². The standard InChI is InChI=1S/C21H22N6O6S/c1-30-16-6-12-15(7-14(16)23-19-8-13(24-25-19)11-4-5-11)33-26-21(12)27-34(28,29)20-17(31-2)9-22-10-18(20)32-3/h6-11H,4-5H2,1-3H3,(H,26,27)(H2,23,24,25). The number of fused-ring (bicyclic) bond motifs is 1. The van der Waals surface area contributed by atoms with Crippen molar-refractivity contribution in [3.05, 3.63) is 36.3 Å². The predicted octanol–water partition coefficient (Wildman–Crippen LogP) is 3.39. The molecule has 0 bridgehead atoms. The lowest BCUT2D eigenvalue weighted by molar-refractivity contribution is 0.370. The first-order valence-electron chi connectivity index (χ1n) is 10.3. The molecule has 1 saturated carbocycles. The van der Waals surface area contributed by atoms with Crippen molar-refractivity contribution in [2.24, 2.45) is 0 Å². The van der Waals surface area contributed by atoms with Crippen molar-refractivity contribution < 1.29 is 27.2 Å². The summed E-state index contributed by atoms with van der Waals surface area (Å²) in [5.74, 6) is 1.65. The molecule has 0 radical (unpaired) electrons. The van der Waals surface area contributed by atoms with Gasteiger partial charge in [0, 0.05) is 23.7 Å². The molecule has 3 N–H and O–H groups in total. The van der Waals surface area contributed by atoms with Crippen LogP contribution in [-0.4, -0.2) is 50.1 Å². The Hall–Kier alpha value is -4.00. The highest BCUT2D eigenvalue weighted by Crippen LogP contribution is 2.41. The molecule has 5 rings (SSSR count).